The summed E-state index contributed by atoms with van der Waals surface area (Å²) in [4.78, 5) is 22.2. The van der Waals surface area contributed by atoms with Crippen molar-refractivity contribution in [2.45, 2.75) is 0 Å². The topological polar surface area (TPSA) is 101 Å². The molecule has 0 saturated carbocycles. The minimum Gasteiger partial charge on any atom is -0.255 e. The smallest absolute Gasteiger partial charge is 0.255 e. The second kappa shape index (κ2) is 3.13. The summed E-state index contributed by atoms with van der Waals surface area (Å²) in [5.74, 6) is 0. The summed E-state index contributed by atoms with van der Waals surface area (Å²) in [7, 11) is -4.09. The van der Waals surface area contributed by atoms with E-state index < -0.39 is 21.6 Å². The van der Waals surface area contributed by atoms with E-state index in [1.165, 1.54) is 0 Å². The third-order valence-electron chi connectivity index (χ3n) is 1.49. The second-order valence-electron chi connectivity index (χ2n) is 2.30. The molecule has 0 aliphatic carbocycles. The molecule has 2 N–H and O–H groups in total. The molecule has 0 atom stereocenters. The molecule has 1 saturated heterocycles. The number of carbonyl (C=O) groups is 2. The van der Waals surface area contributed by atoms with Crippen molar-refractivity contribution >= 4 is 33.2 Å². The number of nitrogens with zero attached hydrogens (tertiary/aromatic N) is 2. The van der Waals surface area contributed by atoms with Crippen molar-refractivity contribution in [3.63, 3.8) is 0 Å². The molecule has 0 aromatic carbocycles. The highest BCUT2D eigenvalue weighted by Gasteiger charge is 2.37. The Morgan fingerprint density at radius 2 is 2.00 bits per heavy atom. The lowest BCUT2D eigenvalue weighted by Crippen LogP contribution is -2.40. The average Bonchev–Trinajstić information content (AvgIpc) is 2.28. The highest BCUT2D eigenvalue weighted by atomic mass is 35.5. The van der Waals surface area contributed by atoms with E-state index in [2.05, 4.69) is 5.14 Å². The predicted molar refractivity (Wildman–Crippen MR) is 43.2 cm³/mol. The Balaban J connectivity index is 2.90. The summed E-state index contributed by atoms with van der Waals surface area (Å²) in [5, 5.41) is 3.67. The zero-order chi connectivity index (χ0) is 10.2. The summed E-state index contributed by atoms with van der Waals surface area (Å²) in [5.41, 5.74) is 0. The molecule has 0 spiro atoms. The SMILES string of the molecule is NS(=O)(=O)N1CCN(C(=O)Cl)C1=O. The fourth-order valence-corrected chi connectivity index (χ4v) is 1.73. The molecule has 1 fully saturated rings. The predicted octanol–water partition coefficient (Wildman–Crippen LogP) is -0.714. The van der Waals surface area contributed by atoms with Crippen molar-refractivity contribution in [2.24, 2.45) is 5.14 Å². The molecule has 7 nitrogen and oxygen atoms in total. The Morgan fingerprint density at radius 1 is 1.46 bits per heavy atom. The first-order valence-corrected chi connectivity index (χ1v) is 5.03. The van der Waals surface area contributed by atoms with Gasteiger partial charge in [0.15, 0.2) is 0 Å². The molecule has 0 unspecified atom stereocenters. The van der Waals surface area contributed by atoms with E-state index in [1.807, 2.05) is 0 Å². The molecule has 9 heteroatoms. The van der Waals surface area contributed by atoms with Crippen molar-refractivity contribution in [3.05, 3.63) is 0 Å². The summed E-state index contributed by atoms with van der Waals surface area (Å²) < 4.78 is 21.8. The van der Waals surface area contributed by atoms with E-state index in [0.717, 1.165) is 0 Å². The number of rotatable bonds is 1. The monoisotopic (exact) mass is 227 g/mol. The zero-order valence-electron chi connectivity index (χ0n) is 6.31. The lowest BCUT2D eigenvalue weighted by molar-refractivity contribution is 0.205. The van der Waals surface area contributed by atoms with E-state index in [1.54, 1.807) is 0 Å². The van der Waals surface area contributed by atoms with Crippen molar-refractivity contribution in [1.82, 2.24) is 9.21 Å². The van der Waals surface area contributed by atoms with Crippen molar-refractivity contribution in [1.29, 1.82) is 0 Å². The standard InChI is InChI=1S/C4H6ClN3O4S/c5-3(9)7-1-2-8(4(7)10)13(6,11)12/h1-2H2,(H2,6,11,12). The Bertz CT molecular complexity index is 352. The number of nitrogens with two attached hydrogens (primary N) is 1. The van der Waals surface area contributed by atoms with E-state index in [0.29, 0.717) is 9.21 Å². The lowest BCUT2D eigenvalue weighted by Gasteiger charge is -2.12. The Labute approximate surface area is 79.2 Å². The molecule has 1 heterocycles. The molecular weight excluding hydrogens is 222 g/mol. The van der Waals surface area contributed by atoms with Crippen LogP contribution in [0.1, 0.15) is 0 Å². The minimum absolute atomic E-state index is 0.0718. The van der Waals surface area contributed by atoms with Gasteiger partial charge in [0.25, 0.3) is 0 Å². The van der Waals surface area contributed by atoms with E-state index in [9.17, 15) is 18.0 Å². The first kappa shape index (κ1) is 10.2. The molecule has 1 rings (SSSR count). The number of hydrogen-bond donors (Lipinski definition) is 1. The first-order valence-electron chi connectivity index (χ1n) is 3.15. The van der Waals surface area contributed by atoms with Gasteiger partial charge in [-0.05, 0) is 11.6 Å². The maximum absolute atomic E-state index is 11.1. The van der Waals surface area contributed by atoms with E-state index in [-0.39, 0.29) is 13.1 Å². The van der Waals surface area contributed by atoms with Crippen molar-refractivity contribution in [3.8, 4) is 0 Å². The molecule has 3 amide bonds. The number of amides is 3. The number of urea groups is 1. The normalized spacial score (nSPS) is 18.2. The average molecular weight is 228 g/mol. The number of halogens is 1. The Hall–Kier alpha value is -0.860. The van der Waals surface area contributed by atoms with Gasteiger partial charge in [-0.25, -0.2) is 19.1 Å². The number of carbonyl (C=O) groups excluding carboxylic acids is 2. The maximum atomic E-state index is 11.1. The summed E-state index contributed by atoms with van der Waals surface area (Å²) in [6.07, 6.45) is 0. The molecule has 0 aromatic heterocycles. The van der Waals surface area contributed by atoms with Gasteiger partial charge in [0, 0.05) is 0 Å². The fourth-order valence-electron chi connectivity index (χ4n) is 0.916. The van der Waals surface area contributed by atoms with Gasteiger partial charge in [-0.2, -0.15) is 8.42 Å². The highest BCUT2D eigenvalue weighted by molar-refractivity contribution is 7.87. The lowest BCUT2D eigenvalue weighted by atomic mass is 10.7. The van der Waals surface area contributed by atoms with Crippen molar-refractivity contribution < 1.29 is 18.0 Å². The zero-order valence-corrected chi connectivity index (χ0v) is 7.88. The van der Waals surface area contributed by atoms with Gasteiger partial charge in [-0.15, -0.1) is 0 Å². The van der Waals surface area contributed by atoms with Crippen LogP contribution in [0.5, 0.6) is 0 Å². The van der Waals surface area contributed by atoms with Crippen LogP contribution in [0, 0.1) is 0 Å². The Morgan fingerprint density at radius 3 is 2.23 bits per heavy atom. The van der Waals surface area contributed by atoms with Crippen LogP contribution in [0.4, 0.5) is 9.59 Å². The van der Waals surface area contributed by atoms with Crippen LogP contribution in [0.2, 0.25) is 0 Å². The highest BCUT2D eigenvalue weighted by Crippen LogP contribution is 2.12. The number of imide groups is 1. The molecule has 1 aliphatic heterocycles. The van der Waals surface area contributed by atoms with Gasteiger partial charge >= 0.3 is 21.6 Å². The van der Waals surface area contributed by atoms with Gasteiger partial charge in [0.1, 0.15) is 0 Å². The molecule has 0 bridgehead atoms. The molecule has 0 aromatic rings. The van der Waals surface area contributed by atoms with E-state index in [4.69, 9.17) is 11.6 Å². The van der Waals surface area contributed by atoms with Crippen LogP contribution in [0.3, 0.4) is 0 Å². The quantitative estimate of drug-likeness (QED) is 0.472. The molecule has 1 aliphatic rings. The van der Waals surface area contributed by atoms with Gasteiger partial charge in [-0.3, -0.25) is 4.79 Å². The van der Waals surface area contributed by atoms with Gasteiger partial charge < -0.3 is 0 Å². The number of hydrogen-bond acceptors (Lipinski definition) is 4. The van der Waals surface area contributed by atoms with E-state index >= 15 is 0 Å². The molecule has 74 valence electrons. The second-order valence-corrected chi connectivity index (χ2v) is 4.10. The summed E-state index contributed by atoms with van der Waals surface area (Å²) >= 11 is 5.00. The first-order chi connectivity index (χ1) is 5.84. The molecule has 13 heavy (non-hydrogen) atoms. The van der Waals surface area contributed by atoms with Crippen LogP contribution in [-0.4, -0.2) is 42.1 Å². The third kappa shape index (κ3) is 1.90. The van der Waals surface area contributed by atoms with Crippen LogP contribution in [0.25, 0.3) is 0 Å². The van der Waals surface area contributed by atoms with Crippen LogP contribution < -0.4 is 5.14 Å². The minimum atomic E-state index is -4.09. The largest absolute Gasteiger partial charge is 0.342 e. The fraction of sp³-hybridized carbons (Fsp3) is 0.500. The van der Waals surface area contributed by atoms with Gasteiger partial charge in [-0.1, -0.05) is 0 Å². The summed E-state index contributed by atoms with van der Waals surface area (Å²) in [6, 6.07) is -1.01. The van der Waals surface area contributed by atoms with Crippen molar-refractivity contribution in [2.75, 3.05) is 13.1 Å². The van der Waals surface area contributed by atoms with Gasteiger partial charge in [0.2, 0.25) is 0 Å². The Kier molecular flexibility index (Phi) is 2.46. The van der Waals surface area contributed by atoms with Gasteiger partial charge in [0.05, 0.1) is 13.1 Å². The molecular formula is C4H6ClN3O4S. The van der Waals surface area contributed by atoms with Crippen LogP contribution >= 0.6 is 11.6 Å². The third-order valence-corrected chi connectivity index (χ3v) is 2.65. The molecule has 0 radical (unpaired) electrons. The maximum Gasteiger partial charge on any atom is 0.342 e. The van der Waals surface area contributed by atoms with Crippen LogP contribution in [0.15, 0.2) is 0 Å². The summed E-state index contributed by atoms with van der Waals surface area (Å²) in [6.45, 7) is -0.228. The van der Waals surface area contributed by atoms with Crippen LogP contribution in [-0.2, 0) is 10.2 Å².